The lowest BCUT2D eigenvalue weighted by Gasteiger charge is -2.28. The molecule has 5 rings (SSSR count). The molecule has 0 saturated heterocycles. The van der Waals surface area contributed by atoms with Gasteiger partial charge in [0, 0.05) is 5.56 Å². The van der Waals surface area contributed by atoms with E-state index < -0.39 is 0 Å². The van der Waals surface area contributed by atoms with Crippen LogP contribution >= 0.6 is 0 Å². The van der Waals surface area contributed by atoms with Crippen LogP contribution in [0, 0.1) is 0 Å². The lowest BCUT2D eigenvalue weighted by Crippen LogP contribution is -2.54. The first-order chi connectivity index (χ1) is 12.9. The summed E-state index contributed by atoms with van der Waals surface area (Å²) in [5, 5.41) is 0. The highest BCUT2D eigenvalue weighted by Crippen LogP contribution is 2.34. The highest BCUT2D eigenvalue weighted by Gasteiger charge is 2.33. The average molecular weight is 332 g/mol. The summed E-state index contributed by atoms with van der Waals surface area (Å²) in [6.45, 7) is 0.180. The molecule has 0 fully saturated rings. The van der Waals surface area contributed by atoms with Gasteiger partial charge >= 0.3 is 0 Å². The van der Waals surface area contributed by atoms with Crippen molar-refractivity contribution in [3.8, 4) is 22.6 Å². The maximum Gasteiger partial charge on any atom is 0.250 e. The van der Waals surface area contributed by atoms with Crippen LogP contribution in [0.5, 0.6) is 11.5 Å². The van der Waals surface area contributed by atoms with E-state index in [0.29, 0.717) is 0 Å². The number of ether oxygens (including phenoxy) is 1. The zero-order valence-electron chi connectivity index (χ0n) is 14.3. The quantitative estimate of drug-likeness (QED) is 0.445. The molecule has 0 aliphatic carbocycles. The number of hydrogen-bond acceptors (Lipinski definition) is 1. The lowest BCUT2D eigenvalue weighted by molar-refractivity contribution is 0.489. The Labute approximate surface area is 154 Å². The summed E-state index contributed by atoms with van der Waals surface area (Å²) in [5.41, 5.74) is 6.04. The Hall–Kier alpha value is -3.26. The van der Waals surface area contributed by atoms with Crippen molar-refractivity contribution in [3.05, 3.63) is 103 Å². The molecular weight excluding hydrogens is 315 g/mol. The van der Waals surface area contributed by atoms with Gasteiger partial charge in [-0.2, -0.15) is 0 Å². The Morgan fingerprint density at radius 2 is 1.19 bits per heavy atom. The second-order valence-corrected chi connectivity index (χ2v) is 6.57. The van der Waals surface area contributed by atoms with Gasteiger partial charge in [-0.3, -0.25) is 0 Å². The summed E-state index contributed by atoms with van der Waals surface area (Å²) >= 11 is 0. The number of hydrogen-bond donors (Lipinski definition) is 0. The molecule has 0 N–H and O–H groups in total. The molecule has 0 aromatic heterocycles. The Morgan fingerprint density at radius 3 is 2.00 bits per heavy atom. The largest absolute Gasteiger partial charge is 0.458 e. The summed E-state index contributed by atoms with van der Waals surface area (Å²) in [6, 6.07) is 36.0. The highest BCUT2D eigenvalue weighted by atomic mass is 16.5. The Morgan fingerprint density at radius 1 is 0.538 bits per heavy atom. The molecule has 4 aromatic carbocycles. The molecular formula is C24H17BO. The van der Waals surface area contributed by atoms with E-state index in [-0.39, 0.29) is 6.71 Å². The first kappa shape index (κ1) is 15.0. The SMILES string of the molecule is c1ccc(B2c3ccccc3Oc3c2cccc3-c2ccccc2)cc1. The fourth-order valence-electron chi connectivity index (χ4n) is 3.84. The third-order valence-electron chi connectivity index (χ3n) is 5.02. The third-order valence-corrected chi connectivity index (χ3v) is 5.02. The van der Waals surface area contributed by atoms with Crippen molar-refractivity contribution in [3.63, 3.8) is 0 Å². The average Bonchev–Trinajstić information content (AvgIpc) is 2.73. The summed E-state index contributed by atoms with van der Waals surface area (Å²) < 4.78 is 6.41. The minimum Gasteiger partial charge on any atom is -0.458 e. The number of benzene rings is 4. The van der Waals surface area contributed by atoms with Gasteiger partial charge in [0.2, 0.25) is 0 Å². The van der Waals surface area contributed by atoms with Crippen molar-refractivity contribution in [1.29, 1.82) is 0 Å². The van der Waals surface area contributed by atoms with E-state index in [1.807, 2.05) is 12.1 Å². The Kier molecular flexibility index (Phi) is 3.60. The van der Waals surface area contributed by atoms with Crippen LogP contribution in [-0.2, 0) is 0 Å². The standard InChI is InChI=1S/C24H17BO/c1-3-10-18(11-4-1)20-14-9-16-22-24(20)26-23-17-8-7-15-21(23)25(22)19-12-5-2-6-13-19/h1-17H. The third kappa shape index (κ3) is 2.43. The van der Waals surface area contributed by atoms with Crippen molar-refractivity contribution >= 4 is 23.1 Å². The maximum atomic E-state index is 6.41. The van der Waals surface area contributed by atoms with Gasteiger partial charge in [0.25, 0.3) is 6.71 Å². The van der Waals surface area contributed by atoms with Gasteiger partial charge in [0.15, 0.2) is 0 Å². The summed E-state index contributed by atoms with van der Waals surface area (Å²) in [5.74, 6) is 1.91. The van der Waals surface area contributed by atoms with Crippen LogP contribution in [0.15, 0.2) is 103 Å². The zero-order valence-corrected chi connectivity index (χ0v) is 14.3. The van der Waals surface area contributed by atoms with Gasteiger partial charge in [-0.05, 0) is 22.6 Å². The summed E-state index contributed by atoms with van der Waals surface area (Å²) in [6.07, 6.45) is 0. The summed E-state index contributed by atoms with van der Waals surface area (Å²) in [4.78, 5) is 0. The number of para-hydroxylation sites is 2. The minimum atomic E-state index is 0.180. The van der Waals surface area contributed by atoms with Crippen molar-refractivity contribution < 1.29 is 4.74 Å². The van der Waals surface area contributed by atoms with Crippen LogP contribution in [0.4, 0.5) is 0 Å². The van der Waals surface area contributed by atoms with E-state index in [2.05, 4.69) is 91.0 Å². The molecule has 1 aliphatic rings. The van der Waals surface area contributed by atoms with Crippen LogP contribution in [0.3, 0.4) is 0 Å². The lowest BCUT2D eigenvalue weighted by atomic mass is 9.35. The molecule has 0 radical (unpaired) electrons. The second-order valence-electron chi connectivity index (χ2n) is 6.57. The maximum absolute atomic E-state index is 6.41. The van der Waals surface area contributed by atoms with Gasteiger partial charge in [-0.1, -0.05) is 103 Å². The molecule has 1 aliphatic heterocycles. The van der Waals surface area contributed by atoms with Gasteiger partial charge in [0.05, 0.1) is 0 Å². The van der Waals surface area contributed by atoms with E-state index in [0.717, 1.165) is 17.1 Å². The number of fused-ring (bicyclic) bond motifs is 2. The van der Waals surface area contributed by atoms with E-state index >= 15 is 0 Å². The van der Waals surface area contributed by atoms with E-state index in [1.165, 1.54) is 22.0 Å². The molecule has 2 heteroatoms. The molecule has 0 atom stereocenters. The number of rotatable bonds is 2. The fraction of sp³-hybridized carbons (Fsp3) is 0. The summed E-state index contributed by atoms with van der Waals surface area (Å²) in [7, 11) is 0. The van der Waals surface area contributed by atoms with E-state index in [1.54, 1.807) is 0 Å². The zero-order chi connectivity index (χ0) is 17.3. The van der Waals surface area contributed by atoms with Crippen molar-refractivity contribution in [2.45, 2.75) is 0 Å². The van der Waals surface area contributed by atoms with Gasteiger partial charge in [-0.25, -0.2) is 0 Å². The van der Waals surface area contributed by atoms with Crippen LogP contribution in [-0.4, -0.2) is 6.71 Å². The van der Waals surface area contributed by atoms with E-state index in [9.17, 15) is 0 Å². The van der Waals surface area contributed by atoms with Crippen LogP contribution in [0.1, 0.15) is 0 Å². The molecule has 0 amide bonds. The molecule has 0 saturated carbocycles. The van der Waals surface area contributed by atoms with Crippen molar-refractivity contribution in [2.75, 3.05) is 0 Å². The highest BCUT2D eigenvalue weighted by molar-refractivity contribution is 6.97. The normalized spacial score (nSPS) is 12.1. The van der Waals surface area contributed by atoms with Crippen LogP contribution in [0.25, 0.3) is 11.1 Å². The fourth-order valence-corrected chi connectivity index (χ4v) is 3.84. The van der Waals surface area contributed by atoms with Gasteiger partial charge < -0.3 is 4.74 Å². The first-order valence-corrected chi connectivity index (χ1v) is 8.92. The first-order valence-electron chi connectivity index (χ1n) is 8.92. The second kappa shape index (κ2) is 6.23. The Bertz CT molecular complexity index is 1060. The molecule has 1 heterocycles. The molecule has 0 spiro atoms. The molecule has 4 aromatic rings. The van der Waals surface area contributed by atoms with Gasteiger partial charge in [-0.15, -0.1) is 0 Å². The molecule has 26 heavy (non-hydrogen) atoms. The topological polar surface area (TPSA) is 9.23 Å². The molecule has 0 bridgehead atoms. The van der Waals surface area contributed by atoms with Crippen LogP contribution in [0.2, 0.25) is 0 Å². The predicted molar refractivity (Wildman–Crippen MR) is 109 cm³/mol. The molecule has 1 nitrogen and oxygen atoms in total. The van der Waals surface area contributed by atoms with E-state index in [4.69, 9.17) is 4.74 Å². The predicted octanol–water partition coefficient (Wildman–Crippen LogP) is 3.98. The van der Waals surface area contributed by atoms with Crippen molar-refractivity contribution in [2.24, 2.45) is 0 Å². The minimum absolute atomic E-state index is 0.180. The van der Waals surface area contributed by atoms with Crippen LogP contribution < -0.4 is 21.1 Å². The van der Waals surface area contributed by atoms with Crippen molar-refractivity contribution in [1.82, 2.24) is 0 Å². The monoisotopic (exact) mass is 332 g/mol. The molecule has 0 unspecified atom stereocenters. The van der Waals surface area contributed by atoms with Gasteiger partial charge in [0.1, 0.15) is 11.5 Å². The Balaban J connectivity index is 1.77. The molecule has 122 valence electrons. The smallest absolute Gasteiger partial charge is 0.250 e.